The van der Waals surface area contributed by atoms with Crippen LogP contribution in [0.15, 0.2) is 54.6 Å². The molecule has 0 atom stereocenters. The molecule has 0 saturated heterocycles. The lowest BCUT2D eigenvalue weighted by atomic mass is 10.1. The van der Waals surface area contributed by atoms with Gasteiger partial charge in [0.05, 0.1) is 12.8 Å². The third-order valence-electron chi connectivity index (χ3n) is 3.43. The maximum Gasteiger partial charge on any atom is 0.305 e. The van der Waals surface area contributed by atoms with Crippen molar-refractivity contribution in [1.29, 1.82) is 0 Å². The lowest BCUT2D eigenvalue weighted by Crippen LogP contribution is -2.33. The minimum atomic E-state index is -0.947. The first-order chi connectivity index (χ1) is 11.0. The first-order valence-corrected chi connectivity index (χ1v) is 7.32. The summed E-state index contributed by atoms with van der Waals surface area (Å²) >= 11 is 0. The molecule has 0 aromatic heterocycles. The van der Waals surface area contributed by atoms with Crippen LogP contribution in [0.3, 0.4) is 0 Å². The first kappa shape index (κ1) is 16.7. The van der Waals surface area contributed by atoms with E-state index in [9.17, 15) is 14.0 Å². The smallest absolute Gasteiger partial charge is 0.305 e. The second kappa shape index (κ2) is 8.08. The van der Waals surface area contributed by atoms with E-state index in [0.717, 1.165) is 5.56 Å². The zero-order valence-electron chi connectivity index (χ0n) is 12.6. The zero-order valence-corrected chi connectivity index (χ0v) is 12.6. The molecular formula is C18H18FNO3. The normalized spacial score (nSPS) is 10.3. The Morgan fingerprint density at radius 2 is 1.61 bits per heavy atom. The van der Waals surface area contributed by atoms with Gasteiger partial charge in [-0.25, -0.2) is 4.39 Å². The second-order valence-electron chi connectivity index (χ2n) is 5.25. The SMILES string of the molecule is O=C(O)CCN(Cc1ccccc1)C(=O)Cc1ccc(F)cc1. The number of nitrogens with zero attached hydrogens (tertiary/aromatic N) is 1. The predicted octanol–water partition coefficient (Wildman–Crippen LogP) is 2.87. The van der Waals surface area contributed by atoms with Crippen molar-refractivity contribution in [1.82, 2.24) is 4.90 Å². The number of halogens is 1. The molecule has 0 heterocycles. The van der Waals surface area contributed by atoms with E-state index in [0.29, 0.717) is 12.1 Å². The van der Waals surface area contributed by atoms with E-state index in [2.05, 4.69) is 0 Å². The summed E-state index contributed by atoms with van der Waals surface area (Å²) in [6.07, 6.45) is 0.00865. The molecule has 2 aromatic rings. The van der Waals surface area contributed by atoms with Crippen molar-refractivity contribution in [3.8, 4) is 0 Å². The number of carbonyl (C=O) groups excluding carboxylic acids is 1. The number of amides is 1. The van der Waals surface area contributed by atoms with Crippen LogP contribution >= 0.6 is 0 Å². The molecule has 0 fully saturated rings. The number of carboxylic acids is 1. The van der Waals surface area contributed by atoms with Crippen LogP contribution in [0.2, 0.25) is 0 Å². The van der Waals surface area contributed by atoms with Crippen LogP contribution in [0.1, 0.15) is 17.5 Å². The van der Waals surface area contributed by atoms with E-state index >= 15 is 0 Å². The van der Waals surface area contributed by atoms with Gasteiger partial charge in [-0.05, 0) is 23.3 Å². The summed E-state index contributed by atoms with van der Waals surface area (Å²) in [6.45, 7) is 0.498. The highest BCUT2D eigenvalue weighted by molar-refractivity contribution is 5.79. The van der Waals surface area contributed by atoms with Crippen LogP contribution < -0.4 is 0 Å². The van der Waals surface area contributed by atoms with Crippen LogP contribution in [0.4, 0.5) is 4.39 Å². The number of carboxylic acid groups (broad SMARTS) is 1. The molecule has 2 aromatic carbocycles. The summed E-state index contributed by atoms with van der Waals surface area (Å²) in [5.41, 5.74) is 1.63. The van der Waals surface area contributed by atoms with Crippen LogP contribution in [0.5, 0.6) is 0 Å². The monoisotopic (exact) mass is 315 g/mol. The molecule has 0 saturated carbocycles. The average molecular weight is 315 g/mol. The molecule has 5 heteroatoms. The molecule has 4 nitrogen and oxygen atoms in total. The second-order valence-corrected chi connectivity index (χ2v) is 5.25. The van der Waals surface area contributed by atoms with Crippen molar-refractivity contribution in [2.45, 2.75) is 19.4 Å². The highest BCUT2D eigenvalue weighted by atomic mass is 19.1. The zero-order chi connectivity index (χ0) is 16.7. The highest BCUT2D eigenvalue weighted by Gasteiger charge is 2.16. The average Bonchev–Trinajstić information content (AvgIpc) is 2.54. The van der Waals surface area contributed by atoms with Gasteiger partial charge in [-0.2, -0.15) is 0 Å². The maximum absolute atomic E-state index is 12.9. The van der Waals surface area contributed by atoms with Gasteiger partial charge in [0.25, 0.3) is 0 Å². The molecule has 0 radical (unpaired) electrons. The third-order valence-corrected chi connectivity index (χ3v) is 3.43. The maximum atomic E-state index is 12.9. The summed E-state index contributed by atoms with van der Waals surface area (Å²) in [5, 5.41) is 8.85. The van der Waals surface area contributed by atoms with E-state index in [1.807, 2.05) is 30.3 Å². The van der Waals surface area contributed by atoms with Crippen LogP contribution in [0.25, 0.3) is 0 Å². The molecule has 0 aliphatic rings. The quantitative estimate of drug-likeness (QED) is 0.855. The number of hydrogen-bond donors (Lipinski definition) is 1. The Hall–Kier alpha value is -2.69. The fourth-order valence-corrected chi connectivity index (χ4v) is 2.22. The lowest BCUT2D eigenvalue weighted by molar-refractivity contribution is -0.138. The van der Waals surface area contributed by atoms with Crippen molar-refractivity contribution >= 4 is 11.9 Å². The highest BCUT2D eigenvalue weighted by Crippen LogP contribution is 2.10. The van der Waals surface area contributed by atoms with E-state index < -0.39 is 5.97 Å². The van der Waals surface area contributed by atoms with Gasteiger partial charge >= 0.3 is 5.97 Å². The number of rotatable bonds is 7. The minimum Gasteiger partial charge on any atom is -0.481 e. The van der Waals surface area contributed by atoms with E-state index in [1.54, 1.807) is 12.1 Å². The molecule has 0 aliphatic heterocycles. The molecule has 1 N–H and O–H groups in total. The Bertz CT molecular complexity index is 656. The number of benzene rings is 2. The van der Waals surface area contributed by atoms with E-state index in [4.69, 9.17) is 5.11 Å². The summed E-state index contributed by atoms with van der Waals surface area (Å²) in [5.74, 6) is -1.48. The van der Waals surface area contributed by atoms with Crippen molar-refractivity contribution in [2.75, 3.05) is 6.54 Å². The van der Waals surface area contributed by atoms with Gasteiger partial charge in [0.2, 0.25) is 5.91 Å². The predicted molar refractivity (Wildman–Crippen MR) is 84.2 cm³/mol. The van der Waals surface area contributed by atoms with Crippen LogP contribution in [-0.2, 0) is 22.6 Å². The lowest BCUT2D eigenvalue weighted by Gasteiger charge is -2.22. The van der Waals surface area contributed by atoms with Gasteiger partial charge in [-0.15, -0.1) is 0 Å². The Labute approximate surface area is 134 Å². The van der Waals surface area contributed by atoms with Crippen molar-refractivity contribution in [3.05, 3.63) is 71.5 Å². The number of aliphatic carboxylic acids is 1. The summed E-state index contributed by atoms with van der Waals surface area (Å²) in [4.78, 5) is 24.8. The molecule has 2 rings (SSSR count). The molecule has 0 bridgehead atoms. The summed E-state index contributed by atoms with van der Waals surface area (Å²) < 4.78 is 12.9. The van der Waals surface area contributed by atoms with Crippen molar-refractivity contribution in [2.24, 2.45) is 0 Å². The Balaban J connectivity index is 2.06. The van der Waals surface area contributed by atoms with E-state index in [1.165, 1.54) is 17.0 Å². The molecule has 0 spiro atoms. The topological polar surface area (TPSA) is 57.6 Å². The fourth-order valence-electron chi connectivity index (χ4n) is 2.22. The van der Waals surface area contributed by atoms with Gasteiger partial charge in [-0.1, -0.05) is 42.5 Å². The standard InChI is InChI=1S/C18H18FNO3/c19-16-8-6-14(7-9-16)12-17(21)20(11-10-18(22)23)13-15-4-2-1-3-5-15/h1-9H,10-13H2,(H,22,23). The van der Waals surface area contributed by atoms with Crippen molar-refractivity contribution < 1.29 is 19.1 Å². The van der Waals surface area contributed by atoms with Gasteiger partial charge < -0.3 is 10.0 Å². The Kier molecular flexibility index (Phi) is 5.86. The Morgan fingerprint density at radius 3 is 2.22 bits per heavy atom. The molecule has 23 heavy (non-hydrogen) atoms. The number of carbonyl (C=O) groups is 2. The molecule has 120 valence electrons. The summed E-state index contributed by atoms with van der Waals surface area (Å²) in [7, 11) is 0. The third kappa shape index (κ3) is 5.54. The van der Waals surface area contributed by atoms with Gasteiger partial charge in [0, 0.05) is 13.1 Å². The van der Waals surface area contributed by atoms with Crippen LogP contribution in [-0.4, -0.2) is 28.4 Å². The van der Waals surface area contributed by atoms with Gasteiger partial charge in [-0.3, -0.25) is 9.59 Å². The summed E-state index contributed by atoms with van der Waals surface area (Å²) in [6, 6.07) is 15.1. The molecular weight excluding hydrogens is 297 g/mol. The minimum absolute atomic E-state index is 0.109. The van der Waals surface area contributed by atoms with Gasteiger partial charge in [0.15, 0.2) is 0 Å². The first-order valence-electron chi connectivity index (χ1n) is 7.32. The van der Waals surface area contributed by atoms with E-state index in [-0.39, 0.29) is 31.1 Å². The van der Waals surface area contributed by atoms with Crippen LogP contribution in [0, 0.1) is 5.82 Å². The molecule has 0 unspecified atom stereocenters. The number of hydrogen-bond acceptors (Lipinski definition) is 2. The van der Waals surface area contributed by atoms with Crippen molar-refractivity contribution in [3.63, 3.8) is 0 Å². The Morgan fingerprint density at radius 1 is 0.957 bits per heavy atom. The van der Waals surface area contributed by atoms with Gasteiger partial charge in [0.1, 0.15) is 5.82 Å². The fraction of sp³-hybridized carbons (Fsp3) is 0.222. The molecule has 0 aliphatic carbocycles. The largest absolute Gasteiger partial charge is 0.481 e. The molecule has 1 amide bonds.